The van der Waals surface area contributed by atoms with Crippen molar-refractivity contribution in [3.05, 3.63) is 59.9 Å². The molecule has 0 radical (unpaired) electrons. The molecule has 1 atom stereocenters. The summed E-state index contributed by atoms with van der Waals surface area (Å²) < 4.78 is 40.0. The highest BCUT2D eigenvalue weighted by atomic mass is 32.2. The van der Waals surface area contributed by atoms with Crippen LogP contribution in [0.2, 0.25) is 0 Å². The summed E-state index contributed by atoms with van der Waals surface area (Å²) >= 11 is 0. The lowest BCUT2D eigenvalue weighted by Crippen LogP contribution is -2.38. The number of aliphatic hydroxyl groups is 1. The number of nitrogens with one attached hydrogen (secondary N) is 2. The van der Waals surface area contributed by atoms with Crippen LogP contribution >= 0.6 is 0 Å². The molecule has 2 aromatic carbocycles. The number of aliphatic hydroxyl groups excluding tert-OH is 1. The monoisotopic (exact) mass is 394 g/mol. The molecule has 0 saturated heterocycles. The van der Waals surface area contributed by atoms with E-state index in [1.807, 2.05) is 13.8 Å². The van der Waals surface area contributed by atoms with Crippen LogP contribution in [0.3, 0.4) is 0 Å². The molecule has 0 saturated carbocycles. The van der Waals surface area contributed by atoms with E-state index in [0.29, 0.717) is 12.3 Å². The van der Waals surface area contributed by atoms with Crippen molar-refractivity contribution in [1.29, 1.82) is 0 Å². The minimum Gasteiger partial charge on any atom is -0.394 e. The summed E-state index contributed by atoms with van der Waals surface area (Å²) in [6.07, 6.45) is 0.635. The Labute approximate surface area is 158 Å². The maximum atomic E-state index is 12.9. The largest absolute Gasteiger partial charge is 0.394 e. The number of halogens is 1. The van der Waals surface area contributed by atoms with Crippen molar-refractivity contribution in [2.24, 2.45) is 5.92 Å². The Morgan fingerprint density at radius 3 is 2.19 bits per heavy atom. The van der Waals surface area contributed by atoms with Gasteiger partial charge in [0.15, 0.2) is 0 Å². The normalized spacial score (nSPS) is 12.6. The number of rotatable bonds is 8. The predicted molar refractivity (Wildman–Crippen MR) is 101 cm³/mol. The fraction of sp³-hybridized carbons (Fsp3) is 0.316. The second-order valence-electron chi connectivity index (χ2n) is 6.62. The van der Waals surface area contributed by atoms with Crippen molar-refractivity contribution in [3.63, 3.8) is 0 Å². The molecule has 1 amide bonds. The lowest BCUT2D eigenvalue weighted by Gasteiger charge is -2.18. The average molecular weight is 394 g/mol. The van der Waals surface area contributed by atoms with E-state index in [2.05, 4.69) is 10.0 Å². The van der Waals surface area contributed by atoms with Crippen molar-refractivity contribution in [2.45, 2.75) is 31.2 Å². The van der Waals surface area contributed by atoms with Crippen LogP contribution in [0.15, 0.2) is 53.4 Å². The molecule has 0 aliphatic rings. The van der Waals surface area contributed by atoms with Crippen LogP contribution in [0.25, 0.3) is 0 Å². The third-order valence-electron chi connectivity index (χ3n) is 3.83. The molecule has 0 fully saturated rings. The summed E-state index contributed by atoms with van der Waals surface area (Å²) in [5.41, 5.74) is 0.524. The molecule has 3 N–H and O–H groups in total. The highest BCUT2D eigenvalue weighted by Gasteiger charge is 2.17. The zero-order chi connectivity index (χ0) is 20.0. The molecule has 0 aliphatic carbocycles. The van der Waals surface area contributed by atoms with Crippen molar-refractivity contribution < 1.29 is 22.7 Å². The molecular formula is C19H23FN2O4S. The van der Waals surface area contributed by atoms with Gasteiger partial charge in [-0.1, -0.05) is 13.8 Å². The van der Waals surface area contributed by atoms with Gasteiger partial charge in [-0.25, -0.2) is 12.8 Å². The maximum Gasteiger partial charge on any atom is 0.261 e. The van der Waals surface area contributed by atoms with Crippen LogP contribution in [0.4, 0.5) is 10.1 Å². The standard InChI is InChI=1S/C19H23FN2O4S/c1-13(2)11-17(12-23)21-19(24)14-3-9-18(10-4-14)27(25,26)22-16-7-5-15(20)6-8-16/h3-10,13,17,22-23H,11-12H2,1-2H3,(H,21,24)/t17-/m0/s1. The third-order valence-corrected chi connectivity index (χ3v) is 5.23. The lowest BCUT2D eigenvalue weighted by atomic mass is 10.0. The Morgan fingerprint density at radius 1 is 1.07 bits per heavy atom. The van der Waals surface area contributed by atoms with Crippen LogP contribution in [0, 0.1) is 11.7 Å². The number of sulfonamides is 1. The van der Waals surface area contributed by atoms with Crippen molar-refractivity contribution in [2.75, 3.05) is 11.3 Å². The van der Waals surface area contributed by atoms with Crippen LogP contribution in [0.1, 0.15) is 30.6 Å². The van der Waals surface area contributed by atoms with E-state index in [4.69, 9.17) is 0 Å². The first-order valence-corrected chi connectivity index (χ1v) is 9.99. The summed E-state index contributed by atoms with van der Waals surface area (Å²) in [4.78, 5) is 12.2. The topological polar surface area (TPSA) is 95.5 Å². The van der Waals surface area contributed by atoms with Gasteiger partial charge in [0.2, 0.25) is 0 Å². The van der Waals surface area contributed by atoms with Gasteiger partial charge in [0.25, 0.3) is 15.9 Å². The van der Waals surface area contributed by atoms with Gasteiger partial charge in [-0.15, -0.1) is 0 Å². The number of carbonyl (C=O) groups excluding carboxylic acids is 1. The number of benzene rings is 2. The van der Waals surface area contributed by atoms with Gasteiger partial charge >= 0.3 is 0 Å². The third kappa shape index (κ3) is 6.04. The van der Waals surface area contributed by atoms with Crippen LogP contribution < -0.4 is 10.0 Å². The summed E-state index contributed by atoms with van der Waals surface area (Å²) in [7, 11) is -3.86. The summed E-state index contributed by atoms with van der Waals surface area (Å²) in [6.45, 7) is 3.81. The van der Waals surface area contributed by atoms with Gasteiger partial charge in [0.05, 0.1) is 17.5 Å². The van der Waals surface area contributed by atoms with E-state index >= 15 is 0 Å². The average Bonchev–Trinajstić information content (AvgIpc) is 2.62. The lowest BCUT2D eigenvalue weighted by molar-refractivity contribution is 0.0908. The fourth-order valence-electron chi connectivity index (χ4n) is 2.53. The smallest absolute Gasteiger partial charge is 0.261 e. The Hall–Kier alpha value is -2.45. The Balaban J connectivity index is 2.09. The number of carbonyl (C=O) groups is 1. The first kappa shape index (κ1) is 20.9. The highest BCUT2D eigenvalue weighted by Crippen LogP contribution is 2.17. The fourth-order valence-corrected chi connectivity index (χ4v) is 3.59. The molecule has 0 aliphatic heterocycles. The molecule has 0 spiro atoms. The van der Waals surface area contributed by atoms with Gasteiger partial charge in [-0.2, -0.15) is 0 Å². The van der Waals surface area contributed by atoms with Crippen LogP contribution in [0.5, 0.6) is 0 Å². The molecule has 2 aromatic rings. The van der Waals surface area contributed by atoms with E-state index in [0.717, 1.165) is 12.1 Å². The first-order valence-electron chi connectivity index (χ1n) is 8.51. The molecule has 6 nitrogen and oxygen atoms in total. The van der Waals surface area contributed by atoms with Crippen molar-refractivity contribution in [3.8, 4) is 0 Å². The zero-order valence-electron chi connectivity index (χ0n) is 15.1. The second-order valence-corrected chi connectivity index (χ2v) is 8.30. The van der Waals surface area contributed by atoms with E-state index < -0.39 is 15.8 Å². The quantitative estimate of drug-likeness (QED) is 0.642. The summed E-state index contributed by atoms with van der Waals surface area (Å²) in [5, 5.41) is 12.1. The molecule has 0 aromatic heterocycles. The second kappa shape index (κ2) is 8.96. The van der Waals surface area contributed by atoms with Crippen molar-refractivity contribution in [1.82, 2.24) is 5.32 Å². The van der Waals surface area contributed by atoms with E-state index in [1.54, 1.807) is 0 Å². The molecule has 8 heteroatoms. The predicted octanol–water partition coefficient (Wildman–Crippen LogP) is 2.76. The SMILES string of the molecule is CC(C)C[C@@H](CO)NC(=O)c1ccc(S(=O)(=O)Nc2ccc(F)cc2)cc1. The van der Waals surface area contributed by atoms with E-state index in [1.165, 1.54) is 36.4 Å². The number of anilines is 1. The van der Waals surface area contributed by atoms with Gasteiger partial charge < -0.3 is 10.4 Å². The van der Waals surface area contributed by atoms with Crippen LogP contribution in [-0.4, -0.2) is 32.1 Å². The Morgan fingerprint density at radius 2 is 1.67 bits per heavy atom. The van der Waals surface area contributed by atoms with Crippen LogP contribution in [-0.2, 0) is 10.0 Å². The molecule has 2 rings (SSSR count). The summed E-state index contributed by atoms with van der Waals surface area (Å²) in [5.74, 6) is -0.537. The van der Waals surface area contributed by atoms with E-state index in [9.17, 15) is 22.7 Å². The molecular weight excluding hydrogens is 371 g/mol. The zero-order valence-corrected chi connectivity index (χ0v) is 16.0. The highest BCUT2D eigenvalue weighted by molar-refractivity contribution is 7.92. The Kier molecular flexibility index (Phi) is 6.92. The van der Waals surface area contributed by atoms with Gasteiger partial charge in [-0.3, -0.25) is 9.52 Å². The summed E-state index contributed by atoms with van der Waals surface area (Å²) in [6, 6.07) is 10.0. The number of hydrogen-bond donors (Lipinski definition) is 3. The van der Waals surface area contributed by atoms with Gasteiger partial charge in [0, 0.05) is 11.3 Å². The molecule has 0 unspecified atom stereocenters. The first-order chi connectivity index (χ1) is 12.7. The number of amides is 1. The molecule has 146 valence electrons. The van der Waals surface area contributed by atoms with E-state index in [-0.39, 0.29) is 34.7 Å². The molecule has 27 heavy (non-hydrogen) atoms. The number of hydrogen-bond acceptors (Lipinski definition) is 4. The minimum absolute atomic E-state index is 0.0238. The van der Waals surface area contributed by atoms with Crippen molar-refractivity contribution >= 4 is 21.6 Å². The van der Waals surface area contributed by atoms with Gasteiger partial charge in [0.1, 0.15) is 5.82 Å². The maximum absolute atomic E-state index is 12.9. The minimum atomic E-state index is -3.86. The molecule has 0 bridgehead atoms. The Bertz CT molecular complexity index is 866. The molecule has 0 heterocycles. The van der Waals surface area contributed by atoms with Gasteiger partial charge in [-0.05, 0) is 60.9 Å².